The van der Waals surface area contributed by atoms with Crippen molar-refractivity contribution in [3.63, 3.8) is 0 Å². The van der Waals surface area contributed by atoms with Gasteiger partial charge in [-0.2, -0.15) is 0 Å². The van der Waals surface area contributed by atoms with Gasteiger partial charge in [0.2, 0.25) is 0 Å². The zero-order valence-electron chi connectivity index (χ0n) is 9.30. The number of Topliss-reactive ketones (excluding diaryl/α,β-unsaturated/α-hetero) is 1. The number of hydrogen-bond acceptors (Lipinski definition) is 2. The molecule has 0 saturated carbocycles. The van der Waals surface area contributed by atoms with Crippen molar-refractivity contribution < 1.29 is 18.3 Å². The second-order valence-electron chi connectivity index (χ2n) is 3.23. The standard InChI is InChI=1S/C12H14F2O2/c1-3-9(15)8-6-5-7-10(16-4-2)11(8)12(13)14/h5-7,12H,3-4H2,1-2H3. The maximum Gasteiger partial charge on any atom is 0.268 e. The minimum Gasteiger partial charge on any atom is -0.493 e. The lowest BCUT2D eigenvalue weighted by Gasteiger charge is -2.13. The number of carbonyl (C=O) groups is 1. The van der Waals surface area contributed by atoms with Crippen molar-refractivity contribution >= 4 is 5.78 Å². The fourth-order valence-corrected chi connectivity index (χ4v) is 1.48. The van der Waals surface area contributed by atoms with Gasteiger partial charge < -0.3 is 4.74 Å². The predicted molar refractivity (Wildman–Crippen MR) is 57.2 cm³/mol. The molecule has 0 aliphatic carbocycles. The quantitative estimate of drug-likeness (QED) is 0.719. The molecule has 0 heterocycles. The first-order valence-corrected chi connectivity index (χ1v) is 5.18. The van der Waals surface area contributed by atoms with Crippen LogP contribution in [0.15, 0.2) is 18.2 Å². The summed E-state index contributed by atoms with van der Waals surface area (Å²) in [6, 6.07) is 4.42. The Kier molecular flexibility index (Phi) is 4.40. The number of carbonyl (C=O) groups excluding carboxylic acids is 1. The summed E-state index contributed by atoms with van der Waals surface area (Å²) in [5.41, 5.74) is -0.236. The summed E-state index contributed by atoms with van der Waals surface area (Å²) in [7, 11) is 0. The second-order valence-corrected chi connectivity index (χ2v) is 3.23. The Labute approximate surface area is 93.2 Å². The molecule has 1 rings (SSSR count). The molecule has 0 unspecified atom stereocenters. The van der Waals surface area contributed by atoms with Crippen LogP contribution in [0, 0.1) is 0 Å². The monoisotopic (exact) mass is 228 g/mol. The van der Waals surface area contributed by atoms with E-state index in [1.54, 1.807) is 19.9 Å². The minimum atomic E-state index is -2.70. The molecular weight excluding hydrogens is 214 g/mol. The summed E-state index contributed by atoms with van der Waals surface area (Å²) >= 11 is 0. The highest BCUT2D eigenvalue weighted by Gasteiger charge is 2.21. The van der Waals surface area contributed by atoms with Gasteiger partial charge in [0.15, 0.2) is 5.78 Å². The van der Waals surface area contributed by atoms with Crippen molar-refractivity contribution in [2.24, 2.45) is 0 Å². The topological polar surface area (TPSA) is 26.3 Å². The lowest BCUT2D eigenvalue weighted by atomic mass is 10.0. The van der Waals surface area contributed by atoms with Gasteiger partial charge in [-0.3, -0.25) is 4.79 Å². The van der Waals surface area contributed by atoms with Gasteiger partial charge in [-0.1, -0.05) is 19.1 Å². The van der Waals surface area contributed by atoms with Crippen molar-refractivity contribution in [2.45, 2.75) is 26.7 Å². The van der Waals surface area contributed by atoms with E-state index in [-0.39, 0.29) is 29.1 Å². The molecule has 0 saturated heterocycles. The highest BCUT2D eigenvalue weighted by molar-refractivity contribution is 5.98. The van der Waals surface area contributed by atoms with Crippen LogP contribution in [0.25, 0.3) is 0 Å². The van der Waals surface area contributed by atoms with Gasteiger partial charge in [-0.25, -0.2) is 8.78 Å². The molecule has 0 fully saturated rings. The Balaban J connectivity index is 3.26. The fraction of sp³-hybridized carbons (Fsp3) is 0.417. The summed E-state index contributed by atoms with van der Waals surface area (Å²) in [5.74, 6) is -0.200. The molecule has 0 bridgehead atoms. The number of benzene rings is 1. The second kappa shape index (κ2) is 5.58. The van der Waals surface area contributed by atoms with Crippen LogP contribution < -0.4 is 4.74 Å². The Bertz CT molecular complexity index is 375. The number of hydrogen-bond donors (Lipinski definition) is 0. The first-order valence-electron chi connectivity index (χ1n) is 5.18. The summed E-state index contributed by atoms with van der Waals surface area (Å²) in [5, 5.41) is 0. The molecule has 16 heavy (non-hydrogen) atoms. The lowest BCUT2D eigenvalue weighted by molar-refractivity contribution is 0.0971. The normalized spacial score (nSPS) is 10.6. The zero-order valence-corrected chi connectivity index (χ0v) is 9.30. The molecule has 0 aliphatic heterocycles. The molecule has 0 radical (unpaired) electrons. The van der Waals surface area contributed by atoms with Crippen LogP contribution in [0.2, 0.25) is 0 Å². The van der Waals surface area contributed by atoms with Crippen molar-refractivity contribution in [3.8, 4) is 5.75 Å². The average Bonchev–Trinajstić information content (AvgIpc) is 2.27. The third-order valence-corrected chi connectivity index (χ3v) is 2.21. The number of halogens is 2. The third kappa shape index (κ3) is 2.56. The van der Waals surface area contributed by atoms with Gasteiger partial charge in [-0.15, -0.1) is 0 Å². The maximum absolute atomic E-state index is 12.9. The Morgan fingerprint density at radius 2 is 2.06 bits per heavy atom. The predicted octanol–water partition coefficient (Wildman–Crippen LogP) is 3.62. The van der Waals surface area contributed by atoms with Crippen molar-refractivity contribution in [3.05, 3.63) is 29.3 Å². The highest BCUT2D eigenvalue weighted by atomic mass is 19.3. The van der Waals surface area contributed by atoms with E-state index in [0.717, 1.165) is 0 Å². The van der Waals surface area contributed by atoms with E-state index in [4.69, 9.17) is 4.74 Å². The molecule has 4 heteroatoms. The molecule has 1 aromatic rings. The van der Waals surface area contributed by atoms with E-state index in [9.17, 15) is 13.6 Å². The summed E-state index contributed by atoms with van der Waals surface area (Å²) in [6.07, 6.45) is -2.50. The summed E-state index contributed by atoms with van der Waals surface area (Å²) in [6.45, 7) is 3.65. The van der Waals surface area contributed by atoms with Crippen LogP contribution >= 0.6 is 0 Å². The van der Waals surface area contributed by atoms with E-state index < -0.39 is 6.43 Å². The SMILES string of the molecule is CCOc1cccc(C(=O)CC)c1C(F)F. The van der Waals surface area contributed by atoms with Crippen LogP contribution in [0.5, 0.6) is 5.75 Å². The van der Waals surface area contributed by atoms with Gasteiger partial charge in [0, 0.05) is 12.0 Å². The number of ether oxygens (including phenoxy) is 1. The molecule has 0 aromatic heterocycles. The van der Waals surface area contributed by atoms with Gasteiger partial charge in [-0.05, 0) is 13.0 Å². The highest BCUT2D eigenvalue weighted by Crippen LogP contribution is 2.32. The van der Waals surface area contributed by atoms with Gasteiger partial charge >= 0.3 is 0 Å². The van der Waals surface area contributed by atoms with E-state index in [1.807, 2.05) is 0 Å². The van der Waals surface area contributed by atoms with Gasteiger partial charge in [0.25, 0.3) is 6.43 Å². The van der Waals surface area contributed by atoms with Crippen LogP contribution in [0.3, 0.4) is 0 Å². The largest absolute Gasteiger partial charge is 0.493 e. The Morgan fingerprint density at radius 3 is 2.56 bits per heavy atom. The fourth-order valence-electron chi connectivity index (χ4n) is 1.48. The smallest absolute Gasteiger partial charge is 0.268 e. The Morgan fingerprint density at radius 1 is 1.38 bits per heavy atom. The van der Waals surface area contributed by atoms with E-state index >= 15 is 0 Å². The molecule has 0 amide bonds. The van der Waals surface area contributed by atoms with E-state index in [2.05, 4.69) is 0 Å². The summed E-state index contributed by atoms with van der Waals surface area (Å²) in [4.78, 5) is 11.5. The van der Waals surface area contributed by atoms with E-state index in [1.165, 1.54) is 12.1 Å². The molecule has 2 nitrogen and oxygen atoms in total. The van der Waals surface area contributed by atoms with Crippen LogP contribution in [-0.2, 0) is 0 Å². The average molecular weight is 228 g/mol. The number of rotatable bonds is 5. The van der Waals surface area contributed by atoms with Crippen LogP contribution in [0.4, 0.5) is 8.78 Å². The lowest BCUT2D eigenvalue weighted by Crippen LogP contribution is -2.06. The molecule has 88 valence electrons. The molecule has 0 atom stereocenters. The van der Waals surface area contributed by atoms with Crippen molar-refractivity contribution in [1.82, 2.24) is 0 Å². The molecule has 0 aliphatic rings. The van der Waals surface area contributed by atoms with Gasteiger partial charge in [0.1, 0.15) is 5.75 Å². The molecule has 1 aromatic carbocycles. The van der Waals surface area contributed by atoms with Crippen LogP contribution in [-0.4, -0.2) is 12.4 Å². The van der Waals surface area contributed by atoms with Gasteiger partial charge in [0.05, 0.1) is 12.2 Å². The van der Waals surface area contributed by atoms with E-state index in [0.29, 0.717) is 6.61 Å². The Hall–Kier alpha value is -1.45. The maximum atomic E-state index is 12.9. The van der Waals surface area contributed by atoms with Crippen molar-refractivity contribution in [2.75, 3.05) is 6.61 Å². The minimum absolute atomic E-state index is 0.0588. The third-order valence-electron chi connectivity index (χ3n) is 2.21. The molecule has 0 spiro atoms. The molecule has 0 N–H and O–H groups in total. The zero-order chi connectivity index (χ0) is 12.1. The first kappa shape index (κ1) is 12.6. The number of alkyl halides is 2. The van der Waals surface area contributed by atoms with Crippen molar-refractivity contribution in [1.29, 1.82) is 0 Å². The van der Waals surface area contributed by atoms with Crippen LogP contribution in [0.1, 0.15) is 42.6 Å². The first-order chi connectivity index (χ1) is 7.61. The number of ketones is 1. The molecular formula is C12H14F2O2. The summed E-state index contributed by atoms with van der Waals surface area (Å²) < 4.78 is 30.9.